The van der Waals surface area contributed by atoms with Gasteiger partial charge in [0.05, 0.1) is 16.1 Å². The molecule has 0 aliphatic carbocycles. The summed E-state index contributed by atoms with van der Waals surface area (Å²) in [4.78, 5) is 11.4. The molecule has 0 atom stereocenters. The minimum atomic E-state index is -0.424. The van der Waals surface area contributed by atoms with Crippen LogP contribution >= 0.6 is 43.2 Å². The van der Waals surface area contributed by atoms with Gasteiger partial charge in [-0.2, -0.15) is 0 Å². The second-order valence-electron chi connectivity index (χ2n) is 5.91. The van der Waals surface area contributed by atoms with Crippen LogP contribution in [0.2, 0.25) is 0 Å². The van der Waals surface area contributed by atoms with Crippen molar-refractivity contribution in [3.8, 4) is 16.9 Å². The van der Waals surface area contributed by atoms with Crippen LogP contribution in [0, 0.1) is 0 Å². The van der Waals surface area contributed by atoms with Crippen molar-refractivity contribution in [2.24, 2.45) is 0 Å². The van der Waals surface area contributed by atoms with E-state index in [1.165, 1.54) is 27.3 Å². The third kappa shape index (κ3) is 3.49. The van der Waals surface area contributed by atoms with E-state index in [4.69, 9.17) is 4.74 Å². The lowest BCUT2D eigenvalue weighted by Gasteiger charge is -2.12. The summed E-state index contributed by atoms with van der Waals surface area (Å²) in [6.07, 6.45) is 0. The molecular formula is C21H14Br2O3S. The summed E-state index contributed by atoms with van der Waals surface area (Å²) in [7, 11) is 1.34. The number of methoxy groups -OCH3 is 1. The first-order valence-electron chi connectivity index (χ1n) is 8.18. The van der Waals surface area contributed by atoms with Crippen LogP contribution in [0.15, 0.2) is 63.5 Å². The van der Waals surface area contributed by atoms with Gasteiger partial charge in [0.15, 0.2) is 6.61 Å². The van der Waals surface area contributed by atoms with E-state index in [-0.39, 0.29) is 6.61 Å². The number of benzene rings is 3. The first-order valence-corrected chi connectivity index (χ1v) is 10.6. The van der Waals surface area contributed by atoms with Crippen LogP contribution in [0.25, 0.3) is 31.3 Å². The maximum absolute atomic E-state index is 11.4. The third-order valence-corrected chi connectivity index (χ3v) is 6.59. The molecule has 136 valence electrons. The molecule has 1 aromatic heterocycles. The number of hydrogen-bond acceptors (Lipinski definition) is 4. The molecule has 4 aromatic rings. The van der Waals surface area contributed by atoms with Crippen molar-refractivity contribution in [1.82, 2.24) is 0 Å². The van der Waals surface area contributed by atoms with Gasteiger partial charge >= 0.3 is 5.97 Å². The number of halogens is 2. The SMILES string of the molecule is COC(=O)COc1c(Br)cc(-c2cccc3sc4ccccc4c23)cc1Br. The van der Waals surface area contributed by atoms with Crippen LogP contribution in [-0.4, -0.2) is 19.7 Å². The van der Waals surface area contributed by atoms with Gasteiger partial charge in [-0.25, -0.2) is 4.79 Å². The average molecular weight is 506 g/mol. The lowest BCUT2D eigenvalue weighted by atomic mass is 9.99. The van der Waals surface area contributed by atoms with Crippen LogP contribution in [-0.2, 0) is 9.53 Å². The van der Waals surface area contributed by atoms with Crippen LogP contribution in [0.1, 0.15) is 0 Å². The molecule has 0 unspecified atom stereocenters. The highest BCUT2D eigenvalue weighted by Gasteiger charge is 2.15. The van der Waals surface area contributed by atoms with Crippen LogP contribution in [0.4, 0.5) is 0 Å². The molecule has 0 bridgehead atoms. The van der Waals surface area contributed by atoms with Crippen molar-refractivity contribution in [3.63, 3.8) is 0 Å². The predicted molar refractivity (Wildman–Crippen MR) is 118 cm³/mol. The lowest BCUT2D eigenvalue weighted by Crippen LogP contribution is -2.13. The number of thiophene rings is 1. The van der Waals surface area contributed by atoms with E-state index in [0.29, 0.717) is 5.75 Å². The number of rotatable bonds is 4. The number of esters is 1. The van der Waals surface area contributed by atoms with Crippen molar-refractivity contribution in [2.75, 3.05) is 13.7 Å². The monoisotopic (exact) mass is 504 g/mol. The molecular weight excluding hydrogens is 492 g/mol. The van der Waals surface area contributed by atoms with E-state index < -0.39 is 5.97 Å². The Labute approximate surface area is 177 Å². The number of fused-ring (bicyclic) bond motifs is 3. The van der Waals surface area contributed by atoms with Crippen molar-refractivity contribution in [2.45, 2.75) is 0 Å². The fourth-order valence-electron chi connectivity index (χ4n) is 3.06. The standard InChI is InChI=1S/C21H14Br2O3S/c1-25-19(24)11-26-21-15(22)9-12(10-16(21)23)13-6-4-8-18-20(13)14-5-2-3-7-17(14)27-18/h2-10H,11H2,1H3. The van der Waals surface area contributed by atoms with Crippen LogP contribution in [0.5, 0.6) is 5.75 Å². The molecule has 3 aromatic carbocycles. The predicted octanol–water partition coefficient (Wildman–Crippen LogP) is 6.80. The number of ether oxygens (including phenoxy) is 2. The van der Waals surface area contributed by atoms with Crippen molar-refractivity contribution >= 4 is 69.3 Å². The molecule has 1 heterocycles. The fraction of sp³-hybridized carbons (Fsp3) is 0.0952. The molecule has 6 heteroatoms. The Morgan fingerprint density at radius 2 is 1.70 bits per heavy atom. The summed E-state index contributed by atoms with van der Waals surface area (Å²) >= 11 is 8.93. The van der Waals surface area contributed by atoms with Crippen LogP contribution < -0.4 is 4.74 Å². The lowest BCUT2D eigenvalue weighted by molar-refractivity contribution is -0.142. The Hall–Kier alpha value is -1.89. The highest BCUT2D eigenvalue weighted by molar-refractivity contribution is 9.11. The van der Waals surface area contributed by atoms with Gasteiger partial charge in [-0.05, 0) is 67.3 Å². The van der Waals surface area contributed by atoms with Gasteiger partial charge in [0.1, 0.15) is 5.75 Å². The molecule has 0 aliphatic rings. The molecule has 4 rings (SSSR count). The minimum Gasteiger partial charge on any atom is -0.480 e. The van der Waals surface area contributed by atoms with Gasteiger partial charge in [0.2, 0.25) is 0 Å². The van der Waals surface area contributed by atoms with E-state index in [0.717, 1.165) is 20.1 Å². The molecule has 3 nitrogen and oxygen atoms in total. The fourth-order valence-corrected chi connectivity index (χ4v) is 5.61. The summed E-state index contributed by atoms with van der Waals surface area (Å²) in [5, 5.41) is 2.51. The maximum Gasteiger partial charge on any atom is 0.343 e. The van der Waals surface area contributed by atoms with Gasteiger partial charge in [0, 0.05) is 20.2 Å². The summed E-state index contributed by atoms with van der Waals surface area (Å²) < 4.78 is 14.3. The number of carbonyl (C=O) groups is 1. The summed E-state index contributed by atoms with van der Waals surface area (Å²) in [5.74, 6) is 0.152. The largest absolute Gasteiger partial charge is 0.480 e. The quantitative estimate of drug-likeness (QED) is 0.286. The first-order chi connectivity index (χ1) is 13.1. The van der Waals surface area contributed by atoms with E-state index in [1.54, 1.807) is 11.3 Å². The summed E-state index contributed by atoms with van der Waals surface area (Å²) in [6, 6.07) is 18.8. The molecule has 0 spiro atoms. The highest BCUT2D eigenvalue weighted by atomic mass is 79.9. The minimum absolute atomic E-state index is 0.141. The zero-order valence-corrected chi connectivity index (χ0v) is 18.3. The van der Waals surface area contributed by atoms with E-state index in [2.05, 4.69) is 79.1 Å². The molecule has 0 saturated carbocycles. The molecule has 0 amide bonds. The topological polar surface area (TPSA) is 35.5 Å². The van der Waals surface area contributed by atoms with Crippen molar-refractivity contribution < 1.29 is 14.3 Å². The van der Waals surface area contributed by atoms with Gasteiger partial charge in [0.25, 0.3) is 0 Å². The Kier molecular flexibility index (Phi) is 5.21. The van der Waals surface area contributed by atoms with Crippen molar-refractivity contribution in [3.05, 3.63) is 63.5 Å². The zero-order chi connectivity index (χ0) is 19.0. The molecule has 0 fully saturated rings. The number of hydrogen-bond donors (Lipinski definition) is 0. The van der Waals surface area contributed by atoms with Crippen molar-refractivity contribution in [1.29, 1.82) is 0 Å². The number of carbonyl (C=O) groups excluding carboxylic acids is 1. The Bertz CT molecular complexity index is 1140. The third-order valence-electron chi connectivity index (χ3n) is 4.27. The zero-order valence-electron chi connectivity index (χ0n) is 14.3. The molecule has 0 radical (unpaired) electrons. The van der Waals surface area contributed by atoms with E-state index in [9.17, 15) is 4.79 Å². The van der Waals surface area contributed by atoms with Gasteiger partial charge in [-0.1, -0.05) is 30.3 Å². The second kappa shape index (κ2) is 7.62. The van der Waals surface area contributed by atoms with Gasteiger partial charge < -0.3 is 9.47 Å². The first kappa shape index (κ1) is 18.5. The normalized spacial score (nSPS) is 11.1. The molecule has 0 N–H and O–H groups in total. The van der Waals surface area contributed by atoms with Gasteiger partial charge in [-0.3, -0.25) is 0 Å². The molecule has 27 heavy (non-hydrogen) atoms. The summed E-state index contributed by atoms with van der Waals surface area (Å²) in [6.45, 7) is -0.141. The highest BCUT2D eigenvalue weighted by Crippen LogP contribution is 2.43. The molecule has 0 aliphatic heterocycles. The second-order valence-corrected chi connectivity index (χ2v) is 8.70. The average Bonchev–Trinajstić information content (AvgIpc) is 3.05. The maximum atomic E-state index is 11.4. The van der Waals surface area contributed by atoms with Gasteiger partial charge in [-0.15, -0.1) is 11.3 Å². The summed E-state index contributed by atoms with van der Waals surface area (Å²) in [5.41, 5.74) is 2.22. The van der Waals surface area contributed by atoms with E-state index >= 15 is 0 Å². The Balaban J connectivity index is 1.83. The van der Waals surface area contributed by atoms with E-state index in [1.807, 2.05) is 12.1 Å². The van der Waals surface area contributed by atoms with Crippen LogP contribution in [0.3, 0.4) is 0 Å². The smallest absolute Gasteiger partial charge is 0.343 e. The Morgan fingerprint density at radius 1 is 1.00 bits per heavy atom. The Morgan fingerprint density at radius 3 is 2.44 bits per heavy atom. The molecule has 0 saturated heterocycles.